The predicted molar refractivity (Wildman–Crippen MR) is 115 cm³/mol. The van der Waals surface area contributed by atoms with E-state index in [1.54, 1.807) is 12.1 Å². The van der Waals surface area contributed by atoms with E-state index in [0.717, 1.165) is 21.1 Å². The Morgan fingerprint density at radius 1 is 1.00 bits per heavy atom. The molecule has 33 heavy (non-hydrogen) atoms. The SMILES string of the molecule is O=C(O)c1nn(CC(=O)N2CCN(S(=O)(=O)c3cccc(F)c3)CC2)c(=O)c2ccccc12. The summed E-state index contributed by atoms with van der Waals surface area (Å²) in [6.45, 7) is -0.389. The van der Waals surface area contributed by atoms with Crippen LogP contribution in [0.3, 0.4) is 0 Å². The Balaban J connectivity index is 1.50. The first-order valence-electron chi connectivity index (χ1n) is 9.95. The molecule has 4 rings (SSSR count). The lowest BCUT2D eigenvalue weighted by Crippen LogP contribution is -2.51. The molecule has 1 aromatic heterocycles. The first-order valence-corrected chi connectivity index (χ1v) is 11.4. The minimum absolute atomic E-state index is 0.00892. The van der Waals surface area contributed by atoms with Crippen LogP contribution in [0.25, 0.3) is 10.8 Å². The van der Waals surface area contributed by atoms with Crippen LogP contribution in [0, 0.1) is 5.82 Å². The normalized spacial score (nSPS) is 15.0. The molecule has 0 spiro atoms. The summed E-state index contributed by atoms with van der Waals surface area (Å²) in [5, 5.41) is 13.6. The second-order valence-electron chi connectivity index (χ2n) is 7.40. The Hall–Kier alpha value is -3.64. The van der Waals surface area contributed by atoms with Crippen molar-refractivity contribution in [2.24, 2.45) is 0 Å². The summed E-state index contributed by atoms with van der Waals surface area (Å²) in [6, 6.07) is 10.8. The van der Waals surface area contributed by atoms with Crippen LogP contribution in [-0.2, 0) is 21.4 Å². The number of hydrogen-bond acceptors (Lipinski definition) is 6. The van der Waals surface area contributed by atoms with Crippen LogP contribution in [0.2, 0.25) is 0 Å². The first kappa shape index (κ1) is 22.6. The fraction of sp³-hybridized carbons (Fsp3) is 0.238. The summed E-state index contributed by atoms with van der Waals surface area (Å²) < 4.78 is 40.9. The molecule has 172 valence electrons. The van der Waals surface area contributed by atoms with Crippen LogP contribution >= 0.6 is 0 Å². The Morgan fingerprint density at radius 2 is 1.67 bits per heavy atom. The molecule has 1 N–H and O–H groups in total. The maximum atomic E-state index is 13.4. The molecule has 0 aliphatic carbocycles. The van der Waals surface area contributed by atoms with Gasteiger partial charge in [-0.25, -0.2) is 22.3 Å². The number of fused-ring (bicyclic) bond motifs is 1. The second-order valence-corrected chi connectivity index (χ2v) is 9.34. The average Bonchev–Trinajstić information content (AvgIpc) is 2.80. The van der Waals surface area contributed by atoms with Gasteiger partial charge in [0.05, 0.1) is 10.3 Å². The summed E-state index contributed by atoms with van der Waals surface area (Å²) in [7, 11) is -3.92. The lowest BCUT2D eigenvalue weighted by molar-refractivity contribution is -0.133. The number of rotatable bonds is 5. The number of carboxylic acid groups (broad SMARTS) is 1. The summed E-state index contributed by atoms with van der Waals surface area (Å²) >= 11 is 0. The average molecular weight is 474 g/mol. The molecular weight excluding hydrogens is 455 g/mol. The molecule has 0 atom stereocenters. The van der Waals surface area contributed by atoms with E-state index in [0.29, 0.717) is 0 Å². The maximum Gasteiger partial charge on any atom is 0.357 e. The van der Waals surface area contributed by atoms with Crippen molar-refractivity contribution in [3.8, 4) is 0 Å². The molecule has 0 unspecified atom stereocenters. The third kappa shape index (κ3) is 4.34. The van der Waals surface area contributed by atoms with E-state index >= 15 is 0 Å². The highest BCUT2D eigenvalue weighted by atomic mass is 32.2. The van der Waals surface area contributed by atoms with E-state index in [-0.39, 0.29) is 47.5 Å². The number of amides is 1. The maximum absolute atomic E-state index is 13.4. The molecular formula is C21H19FN4O6S. The topological polar surface area (TPSA) is 130 Å². The molecule has 10 nitrogen and oxygen atoms in total. The van der Waals surface area contributed by atoms with Gasteiger partial charge in [-0.1, -0.05) is 24.3 Å². The van der Waals surface area contributed by atoms with Crippen molar-refractivity contribution in [1.82, 2.24) is 19.0 Å². The van der Waals surface area contributed by atoms with E-state index in [1.807, 2.05) is 0 Å². The molecule has 0 bridgehead atoms. The van der Waals surface area contributed by atoms with E-state index in [9.17, 15) is 32.3 Å². The van der Waals surface area contributed by atoms with Gasteiger partial charge < -0.3 is 10.0 Å². The molecule has 2 heterocycles. The molecule has 1 aliphatic rings. The van der Waals surface area contributed by atoms with Gasteiger partial charge in [0.25, 0.3) is 5.56 Å². The van der Waals surface area contributed by atoms with Gasteiger partial charge in [-0.15, -0.1) is 0 Å². The van der Waals surface area contributed by atoms with Crippen LogP contribution in [0.5, 0.6) is 0 Å². The van der Waals surface area contributed by atoms with Crippen molar-refractivity contribution >= 4 is 32.7 Å². The number of carbonyl (C=O) groups excluding carboxylic acids is 1. The zero-order valence-electron chi connectivity index (χ0n) is 17.2. The van der Waals surface area contributed by atoms with Gasteiger partial charge in [0.2, 0.25) is 15.9 Å². The molecule has 0 radical (unpaired) electrons. The third-order valence-corrected chi connectivity index (χ3v) is 7.28. The second kappa shape index (κ2) is 8.71. The summed E-state index contributed by atoms with van der Waals surface area (Å²) in [4.78, 5) is 38.3. The monoisotopic (exact) mass is 474 g/mol. The zero-order valence-corrected chi connectivity index (χ0v) is 18.0. The molecule has 1 fully saturated rings. The number of sulfonamides is 1. The Labute approximate surface area is 187 Å². The number of benzene rings is 2. The third-order valence-electron chi connectivity index (χ3n) is 5.38. The van der Waals surface area contributed by atoms with Crippen LogP contribution in [0.15, 0.2) is 58.2 Å². The standard InChI is InChI=1S/C21H19FN4O6S/c22-14-4-3-5-15(12-14)33(31,32)25-10-8-24(9-11-25)18(27)13-26-20(28)17-7-2-1-6-16(17)19(23-26)21(29)30/h1-7,12H,8-11,13H2,(H,29,30). The fourth-order valence-electron chi connectivity index (χ4n) is 3.68. The predicted octanol–water partition coefficient (Wildman–Crippen LogP) is 0.767. The smallest absolute Gasteiger partial charge is 0.357 e. The van der Waals surface area contributed by atoms with Crippen molar-refractivity contribution < 1.29 is 27.5 Å². The number of aromatic carboxylic acids is 1. The van der Waals surface area contributed by atoms with Crippen LogP contribution in [0.1, 0.15) is 10.5 Å². The minimum Gasteiger partial charge on any atom is -0.476 e. The van der Waals surface area contributed by atoms with Crippen molar-refractivity contribution in [3.63, 3.8) is 0 Å². The van der Waals surface area contributed by atoms with Gasteiger partial charge in [0.15, 0.2) is 5.69 Å². The largest absolute Gasteiger partial charge is 0.476 e. The number of hydrogen-bond donors (Lipinski definition) is 1. The van der Waals surface area contributed by atoms with E-state index in [1.165, 1.54) is 29.2 Å². The summed E-state index contributed by atoms with van der Waals surface area (Å²) in [5.41, 5.74) is -0.944. The molecule has 3 aromatic rings. The molecule has 1 amide bonds. The van der Waals surface area contributed by atoms with E-state index in [2.05, 4.69) is 5.10 Å². The molecule has 12 heteroatoms. The number of carboxylic acids is 1. The first-order chi connectivity index (χ1) is 15.7. The van der Waals surface area contributed by atoms with Crippen LogP contribution in [0.4, 0.5) is 4.39 Å². The minimum atomic E-state index is -3.92. The lowest BCUT2D eigenvalue weighted by Gasteiger charge is -2.34. The Bertz CT molecular complexity index is 1410. The van der Waals surface area contributed by atoms with Crippen LogP contribution in [-0.4, -0.2) is 70.6 Å². The lowest BCUT2D eigenvalue weighted by atomic mass is 10.1. The Morgan fingerprint density at radius 3 is 2.30 bits per heavy atom. The summed E-state index contributed by atoms with van der Waals surface area (Å²) in [5.74, 6) is -2.50. The summed E-state index contributed by atoms with van der Waals surface area (Å²) in [6.07, 6.45) is 0. The molecule has 0 saturated carbocycles. The van der Waals surface area contributed by atoms with Crippen LogP contribution < -0.4 is 5.56 Å². The number of carbonyl (C=O) groups is 2. The van der Waals surface area contributed by atoms with Crippen molar-refractivity contribution in [1.29, 1.82) is 0 Å². The highest BCUT2D eigenvalue weighted by Gasteiger charge is 2.30. The van der Waals surface area contributed by atoms with Gasteiger partial charge in [-0.3, -0.25) is 9.59 Å². The van der Waals surface area contributed by atoms with Gasteiger partial charge in [-0.2, -0.15) is 9.40 Å². The highest BCUT2D eigenvalue weighted by molar-refractivity contribution is 7.89. The van der Waals surface area contributed by atoms with Crippen molar-refractivity contribution in [2.75, 3.05) is 26.2 Å². The van der Waals surface area contributed by atoms with Crippen molar-refractivity contribution in [3.05, 3.63) is 70.4 Å². The van der Waals surface area contributed by atoms with Gasteiger partial charge in [-0.05, 0) is 24.3 Å². The van der Waals surface area contributed by atoms with Gasteiger partial charge >= 0.3 is 5.97 Å². The number of halogens is 1. The van der Waals surface area contributed by atoms with Crippen molar-refractivity contribution in [2.45, 2.75) is 11.4 Å². The quantitative estimate of drug-likeness (QED) is 0.578. The molecule has 1 aliphatic heterocycles. The zero-order chi connectivity index (χ0) is 23.8. The van der Waals surface area contributed by atoms with Gasteiger partial charge in [0, 0.05) is 31.6 Å². The highest BCUT2D eigenvalue weighted by Crippen LogP contribution is 2.19. The number of piperazine rings is 1. The number of aromatic nitrogens is 2. The Kier molecular flexibility index (Phi) is 5.95. The fourth-order valence-corrected chi connectivity index (χ4v) is 5.14. The number of nitrogens with zero attached hydrogens (tertiary/aromatic N) is 4. The molecule has 2 aromatic carbocycles. The van der Waals surface area contributed by atoms with Gasteiger partial charge in [0.1, 0.15) is 12.4 Å². The van der Waals surface area contributed by atoms with E-state index in [4.69, 9.17) is 0 Å². The molecule has 1 saturated heterocycles. The van der Waals surface area contributed by atoms with E-state index < -0.39 is 39.8 Å².